The summed E-state index contributed by atoms with van der Waals surface area (Å²) < 4.78 is 5.80. The van der Waals surface area contributed by atoms with Gasteiger partial charge in [-0.05, 0) is 93.0 Å². The van der Waals surface area contributed by atoms with Gasteiger partial charge in [0, 0.05) is 5.41 Å². The minimum Gasteiger partial charge on any atom is -0.426 e. The second-order valence-electron chi connectivity index (χ2n) is 12.2. The van der Waals surface area contributed by atoms with Crippen molar-refractivity contribution in [3.8, 4) is 5.75 Å². The minimum atomic E-state index is -0.471. The van der Waals surface area contributed by atoms with Crippen molar-refractivity contribution in [3.05, 3.63) is 29.8 Å². The van der Waals surface area contributed by atoms with Crippen molar-refractivity contribution < 1.29 is 14.6 Å². The molecule has 0 aliphatic heterocycles. The van der Waals surface area contributed by atoms with Crippen molar-refractivity contribution in [2.45, 2.75) is 91.3 Å². The smallest absolute Gasteiger partial charge is 0.321 e. The lowest BCUT2D eigenvalue weighted by molar-refractivity contribution is -0.137. The fraction of sp³-hybridized carbons (Fsp3) is 0.741. The van der Waals surface area contributed by atoms with E-state index in [0.717, 1.165) is 37.2 Å². The number of fused-ring (bicyclic) bond motifs is 2. The van der Waals surface area contributed by atoms with Crippen LogP contribution in [-0.2, 0) is 4.79 Å². The molecule has 1 aromatic carbocycles. The Labute approximate surface area is 191 Å². The molecule has 4 heteroatoms. The summed E-state index contributed by atoms with van der Waals surface area (Å²) >= 11 is 0. The average molecular weight is 447 g/mol. The van der Waals surface area contributed by atoms with E-state index in [1.807, 2.05) is 31.2 Å². The molecule has 0 spiro atoms. The van der Waals surface area contributed by atoms with Gasteiger partial charge in [-0.2, -0.15) is 0 Å². The van der Waals surface area contributed by atoms with Gasteiger partial charge >= 0.3 is 5.97 Å². The van der Waals surface area contributed by atoms with E-state index in [1.54, 1.807) is 0 Å². The standard InChI is InChI=1S/C27H43O3P/c1-18-12-20-13-19(2)15-27(14-18,16-20)23(28)21-8-10-22(11-9-21)30-24(29)26(6,31-7)17-25(3,4)5/h8-11,18-20,23,28,31H,12-17H2,1-7H3. The maximum Gasteiger partial charge on any atom is 0.321 e. The minimum absolute atomic E-state index is 0.00714. The molecule has 2 fully saturated rings. The molecular weight excluding hydrogens is 403 g/mol. The van der Waals surface area contributed by atoms with E-state index in [-0.39, 0.29) is 16.8 Å². The van der Waals surface area contributed by atoms with Crippen LogP contribution in [0.15, 0.2) is 24.3 Å². The summed E-state index contributed by atoms with van der Waals surface area (Å²) in [6.45, 7) is 15.3. The van der Waals surface area contributed by atoms with E-state index >= 15 is 0 Å². The Morgan fingerprint density at radius 3 is 2.13 bits per heavy atom. The molecule has 0 heterocycles. The lowest BCUT2D eigenvalue weighted by Gasteiger charge is -2.52. The summed E-state index contributed by atoms with van der Waals surface area (Å²) in [7, 11) is 0.484. The zero-order chi connectivity index (χ0) is 23.0. The van der Waals surface area contributed by atoms with Gasteiger partial charge in [-0.1, -0.05) is 46.8 Å². The number of hydrogen-bond acceptors (Lipinski definition) is 3. The molecular formula is C27H43O3P. The molecule has 0 radical (unpaired) electrons. The van der Waals surface area contributed by atoms with Crippen LogP contribution in [0.25, 0.3) is 0 Å². The molecule has 2 saturated carbocycles. The van der Waals surface area contributed by atoms with Crippen LogP contribution in [-0.4, -0.2) is 22.9 Å². The highest BCUT2D eigenvalue weighted by molar-refractivity contribution is 7.40. The van der Waals surface area contributed by atoms with Gasteiger partial charge in [0.05, 0.1) is 11.3 Å². The van der Waals surface area contributed by atoms with Crippen LogP contribution in [0.5, 0.6) is 5.75 Å². The van der Waals surface area contributed by atoms with Gasteiger partial charge in [-0.25, -0.2) is 0 Å². The molecule has 1 N–H and O–H groups in total. The third-order valence-corrected chi connectivity index (χ3v) is 9.03. The number of esters is 1. The van der Waals surface area contributed by atoms with Crippen LogP contribution in [0.4, 0.5) is 0 Å². The quantitative estimate of drug-likeness (QED) is 0.291. The SMILES string of the molecule is CPC(C)(CC(C)(C)C)C(=O)Oc1ccc(C(O)C23CC(C)CC(CC(C)C2)C3)cc1. The highest BCUT2D eigenvalue weighted by Gasteiger charge is 2.48. The van der Waals surface area contributed by atoms with Crippen LogP contribution in [0, 0.1) is 28.6 Å². The largest absolute Gasteiger partial charge is 0.426 e. The number of carbonyl (C=O) groups excluding carboxylic acids is 1. The van der Waals surface area contributed by atoms with Crippen molar-refractivity contribution in [2.75, 3.05) is 6.66 Å². The number of carbonyl (C=O) groups is 1. The first-order valence-corrected chi connectivity index (χ1v) is 13.5. The summed E-state index contributed by atoms with van der Waals surface area (Å²) in [6.07, 6.45) is 6.31. The summed E-state index contributed by atoms with van der Waals surface area (Å²) in [6, 6.07) is 7.65. The number of aliphatic hydroxyl groups is 1. The van der Waals surface area contributed by atoms with Crippen LogP contribution in [0.1, 0.15) is 91.7 Å². The van der Waals surface area contributed by atoms with E-state index < -0.39 is 11.3 Å². The van der Waals surface area contributed by atoms with Gasteiger partial charge in [0.25, 0.3) is 0 Å². The van der Waals surface area contributed by atoms with Crippen molar-refractivity contribution in [1.82, 2.24) is 0 Å². The molecule has 5 atom stereocenters. The van der Waals surface area contributed by atoms with Crippen molar-refractivity contribution in [2.24, 2.45) is 28.6 Å². The molecule has 2 aliphatic rings. The van der Waals surface area contributed by atoms with E-state index in [0.29, 0.717) is 26.2 Å². The molecule has 31 heavy (non-hydrogen) atoms. The molecule has 0 saturated heterocycles. The van der Waals surface area contributed by atoms with Crippen molar-refractivity contribution >= 4 is 14.6 Å². The van der Waals surface area contributed by atoms with E-state index in [2.05, 4.69) is 41.3 Å². The monoisotopic (exact) mass is 446 g/mol. The van der Waals surface area contributed by atoms with Gasteiger partial charge in [0.1, 0.15) is 5.75 Å². The summed E-state index contributed by atoms with van der Waals surface area (Å²) in [5.74, 6) is 2.52. The second-order valence-corrected chi connectivity index (χ2v) is 13.8. The molecule has 1 aromatic rings. The number of hydrogen-bond donors (Lipinski definition) is 1. The van der Waals surface area contributed by atoms with E-state index in [9.17, 15) is 9.90 Å². The molecule has 0 amide bonds. The molecule has 5 unspecified atom stereocenters. The lowest BCUT2D eigenvalue weighted by Crippen LogP contribution is -2.43. The van der Waals surface area contributed by atoms with Gasteiger partial charge in [0.2, 0.25) is 0 Å². The predicted octanol–water partition coefficient (Wildman–Crippen LogP) is 6.98. The maximum absolute atomic E-state index is 13.0. The summed E-state index contributed by atoms with van der Waals surface area (Å²) in [5, 5.41) is 11.0. The first-order chi connectivity index (χ1) is 14.4. The lowest BCUT2D eigenvalue weighted by atomic mass is 9.54. The second kappa shape index (κ2) is 9.14. The zero-order valence-electron chi connectivity index (χ0n) is 20.6. The third kappa shape index (κ3) is 5.72. The Morgan fingerprint density at radius 1 is 1.10 bits per heavy atom. The van der Waals surface area contributed by atoms with Crippen LogP contribution in [0.2, 0.25) is 0 Å². The predicted molar refractivity (Wildman–Crippen MR) is 131 cm³/mol. The fourth-order valence-electron chi connectivity index (χ4n) is 6.73. The van der Waals surface area contributed by atoms with Crippen LogP contribution < -0.4 is 4.74 Å². The highest BCUT2D eigenvalue weighted by Crippen LogP contribution is 2.58. The average Bonchev–Trinajstić information content (AvgIpc) is 2.65. The molecule has 2 aliphatic carbocycles. The Hall–Kier alpha value is -0.920. The van der Waals surface area contributed by atoms with Crippen LogP contribution >= 0.6 is 8.58 Å². The normalized spacial score (nSPS) is 31.9. The summed E-state index contributed by atoms with van der Waals surface area (Å²) in [5.41, 5.74) is 1.01. The van der Waals surface area contributed by atoms with Gasteiger partial charge in [0.15, 0.2) is 0 Å². The van der Waals surface area contributed by atoms with Crippen LogP contribution in [0.3, 0.4) is 0 Å². The number of rotatable bonds is 6. The molecule has 3 rings (SSSR count). The Kier molecular flexibility index (Phi) is 7.29. The van der Waals surface area contributed by atoms with Crippen molar-refractivity contribution in [1.29, 1.82) is 0 Å². The number of ether oxygens (including phenoxy) is 1. The third-order valence-electron chi connectivity index (χ3n) is 7.55. The highest BCUT2D eigenvalue weighted by atomic mass is 31.1. The zero-order valence-corrected chi connectivity index (χ0v) is 21.6. The van der Waals surface area contributed by atoms with Gasteiger partial charge in [-0.15, -0.1) is 8.58 Å². The summed E-state index contributed by atoms with van der Waals surface area (Å²) in [4.78, 5) is 13.0. The number of aliphatic hydroxyl groups excluding tert-OH is 1. The Balaban J connectivity index is 1.73. The van der Waals surface area contributed by atoms with E-state index in [1.165, 1.54) is 12.8 Å². The Morgan fingerprint density at radius 2 is 1.65 bits per heavy atom. The number of benzene rings is 1. The van der Waals surface area contributed by atoms with Gasteiger partial charge in [-0.3, -0.25) is 4.79 Å². The topological polar surface area (TPSA) is 46.5 Å². The molecule has 3 nitrogen and oxygen atoms in total. The Bertz CT molecular complexity index is 746. The molecule has 2 bridgehead atoms. The maximum atomic E-state index is 13.0. The fourth-order valence-corrected chi connectivity index (χ4v) is 7.69. The molecule has 174 valence electrons. The van der Waals surface area contributed by atoms with E-state index in [4.69, 9.17) is 4.74 Å². The van der Waals surface area contributed by atoms with Gasteiger partial charge < -0.3 is 9.84 Å². The first kappa shape index (κ1) is 24.7. The van der Waals surface area contributed by atoms with Crippen molar-refractivity contribution in [3.63, 3.8) is 0 Å². The molecule has 0 aromatic heterocycles. The first-order valence-electron chi connectivity index (χ1n) is 12.0.